The number of halogens is 6. The third kappa shape index (κ3) is 5.51. The van der Waals surface area contributed by atoms with Crippen LogP contribution in [0.15, 0.2) is 97.1 Å². The molecule has 0 aliphatic carbocycles. The molecule has 0 saturated heterocycles. The molecule has 0 saturated carbocycles. The average Bonchev–Trinajstić information content (AvgIpc) is 2.79. The normalized spacial score (nSPS) is 11.8. The molecule has 0 unspecified atom stereocenters. The molecule has 4 rings (SSSR count). The van der Waals surface area contributed by atoms with Gasteiger partial charge in [0.1, 0.15) is 23.0 Å². The van der Waals surface area contributed by atoms with E-state index >= 15 is 0 Å². The van der Waals surface area contributed by atoms with Gasteiger partial charge in [0.15, 0.2) is 0 Å². The van der Waals surface area contributed by atoms with Gasteiger partial charge in [0.2, 0.25) is 0 Å². The lowest BCUT2D eigenvalue weighted by Gasteiger charge is -2.14. The second-order valence-electron chi connectivity index (χ2n) is 7.28. The maximum Gasteiger partial charge on any atom is 0.416 e. The van der Waals surface area contributed by atoms with Gasteiger partial charge < -0.3 is 9.47 Å². The minimum absolute atomic E-state index is 0.0273. The van der Waals surface area contributed by atoms with E-state index in [0.717, 1.165) is 24.3 Å². The van der Waals surface area contributed by atoms with E-state index in [1.54, 1.807) is 48.5 Å². The van der Waals surface area contributed by atoms with E-state index in [4.69, 9.17) is 9.47 Å². The monoisotopic (exact) mass is 474 g/mol. The molecule has 0 aromatic heterocycles. The summed E-state index contributed by atoms with van der Waals surface area (Å²) in [6, 6.07) is 22.4. The largest absolute Gasteiger partial charge is 0.457 e. The molecule has 0 radical (unpaired) electrons. The molecule has 174 valence electrons. The molecule has 0 aliphatic rings. The van der Waals surface area contributed by atoms with E-state index in [1.807, 2.05) is 0 Å². The zero-order valence-corrected chi connectivity index (χ0v) is 17.3. The first-order valence-corrected chi connectivity index (χ1v) is 9.99. The maximum atomic E-state index is 13.0. The zero-order chi connectivity index (χ0) is 24.3. The molecule has 0 amide bonds. The Bertz CT molecular complexity index is 1280. The van der Waals surface area contributed by atoms with Gasteiger partial charge in [0, 0.05) is 5.56 Å². The van der Waals surface area contributed by atoms with Crippen LogP contribution in [0.25, 0.3) is 11.1 Å². The number of ether oxygens (including phenoxy) is 2. The van der Waals surface area contributed by atoms with Crippen LogP contribution in [0.5, 0.6) is 23.0 Å². The van der Waals surface area contributed by atoms with Crippen molar-refractivity contribution >= 4 is 0 Å². The lowest BCUT2D eigenvalue weighted by Crippen LogP contribution is -2.04. The Morgan fingerprint density at radius 1 is 0.471 bits per heavy atom. The Morgan fingerprint density at radius 3 is 1.76 bits per heavy atom. The molecule has 4 aromatic rings. The molecule has 8 heteroatoms. The lowest BCUT2D eigenvalue weighted by molar-refractivity contribution is -0.138. The average molecular weight is 474 g/mol. The van der Waals surface area contributed by atoms with Crippen molar-refractivity contribution in [3.63, 3.8) is 0 Å². The Labute approximate surface area is 191 Å². The van der Waals surface area contributed by atoms with E-state index in [0.29, 0.717) is 22.6 Å². The SMILES string of the molecule is FC(F)(F)c1ccc(Oc2cccc(-c3ccccc3Oc3cccc(C(F)(F)F)c3)c2)cc1. The van der Waals surface area contributed by atoms with Crippen molar-refractivity contribution in [1.82, 2.24) is 0 Å². The summed E-state index contributed by atoms with van der Waals surface area (Å²) >= 11 is 0. The Hall–Kier alpha value is -3.94. The molecule has 34 heavy (non-hydrogen) atoms. The molecule has 0 N–H and O–H groups in total. The molecular formula is C26H16F6O2. The molecule has 4 aromatic carbocycles. The summed E-state index contributed by atoms with van der Waals surface area (Å²) in [4.78, 5) is 0. The summed E-state index contributed by atoms with van der Waals surface area (Å²) in [6.45, 7) is 0. The quantitative estimate of drug-likeness (QED) is 0.269. The zero-order valence-electron chi connectivity index (χ0n) is 17.3. The Balaban J connectivity index is 1.59. The fraction of sp³-hybridized carbons (Fsp3) is 0.0769. The molecule has 0 aliphatic heterocycles. The van der Waals surface area contributed by atoms with Gasteiger partial charge in [0.05, 0.1) is 11.1 Å². The summed E-state index contributed by atoms with van der Waals surface area (Å²) < 4.78 is 88.8. The van der Waals surface area contributed by atoms with Crippen molar-refractivity contribution < 1.29 is 35.8 Å². The summed E-state index contributed by atoms with van der Waals surface area (Å²) in [5.41, 5.74) is -0.367. The molecule has 2 nitrogen and oxygen atoms in total. The second kappa shape index (κ2) is 9.13. The van der Waals surface area contributed by atoms with E-state index in [2.05, 4.69) is 0 Å². The number of para-hydroxylation sites is 1. The number of alkyl halides is 6. The van der Waals surface area contributed by atoms with E-state index < -0.39 is 23.5 Å². The third-order valence-electron chi connectivity index (χ3n) is 4.84. The molecule has 0 heterocycles. The first kappa shape index (κ1) is 23.2. The van der Waals surface area contributed by atoms with Crippen LogP contribution < -0.4 is 9.47 Å². The summed E-state index contributed by atoms with van der Waals surface area (Å²) in [7, 11) is 0. The van der Waals surface area contributed by atoms with Crippen LogP contribution in [0.3, 0.4) is 0 Å². The fourth-order valence-electron chi connectivity index (χ4n) is 3.23. The van der Waals surface area contributed by atoms with Gasteiger partial charge in [-0.3, -0.25) is 0 Å². The van der Waals surface area contributed by atoms with Crippen LogP contribution in [-0.4, -0.2) is 0 Å². The van der Waals surface area contributed by atoms with Crippen molar-refractivity contribution in [1.29, 1.82) is 0 Å². The van der Waals surface area contributed by atoms with Gasteiger partial charge >= 0.3 is 12.4 Å². The summed E-state index contributed by atoms with van der Waals surface area (Å²) in [5, 5.41) is 0. The predicted molar refractivity (Wildman–Crippen MR) is 115 cm³/mol. The van der Waals surface area contributed by atoms with Crippen LogP contribution in [0.4, 0.5) is 26.3 Å². The maximum absolute atomic E-state index is 13.0. The highest BCUT2D eigenvalue weighted by Crippen LogP contribution is 2.38. The second-order valence-corrected chi connectivity index (χ2v) is 7.28. The van der Waals surface area contributed by atoms with E-state index in [-0.39, 0.29) is 11.5 Å². The van der Waals surface area contributed by atoms with Gasteiger partial charge in [-0.1, -0.05) is 36.4 Å². The van der Waals surface area contributed by atoms with Crippen molar-refractivity contribution in [2.24, 2.45) is 0 Å². The van der Waals surface area contributed by atoms with Crippen LogP contribution in [0, 0.1) is 0 Å². The first-order valence-electron chi connectivity index (χ1n) is 9.99. The highest BCUT2D eigenvalue weighted by atomic mass is 19.4. The first-order chi connectivity index (χ1) is 16.1. The predicted octanol–water partition coefficient (Wildman–Crippen LogP) is 8.98. The molecular weight excluding hydrogens is 458 g/mol. The topological polar surface area (TPSA) is 18.5 Å². The van der Waals surface area contributed by atoms with Crippen molar-refractivity contribution in [3.8, 4) is 34.1 Å². The van der Waals surface area contributed by atoms with Gasteiger partial charge in [0.25, 0.3) is 0 Å². The minimum atomic E-state index is -4.50. The summed E-state index contributed by atoms with van der Waals surface area (Å²) in [5.74, 6) is 0.942. The van der Waals surface area contributed by atoms with Gasteiger partial charge in [-0.15, -0.1) is 0 Å². The number of rotatable bonds is 5. The highest BCUT2D eigenvalue weighted by Gasteiger charge is 2.31. The standard InChI is InChI=1S/C26H16F6O2/c27-25(28,29)18-11-13-20(14-12-18)33-21-7-3-5-17(15-21)23-9-1-2-10-24(23)34-22-8-4-6-19(16-22)26(30,31)32/h1-16H. The van der Waals surface area contributed by atoms with Crippen LogP contribution >= 0.6 is 0 Å². The molecule has 0 atom stereocenters. The smallest absolute Gasteiger partial charge is 0.416 e. The van der Waals surface area contributed by atoms with E-state index in [1.165, 1.54) is 24.3 Å². The number of benzene rings is 4. The van der Waals surface area contributed by atoms with Crippen LogP contribution in [-0.2, 0) is 12.4 Å². The van der Waals surface area contributed by atoms with Crippen LogP contribution in [0.2, 0.25) is 0 Å². The number of hydrogen-bond donors (Lipinski definition) is 0. The van der Waals surface area contributed by atoms with Gasteiger partial charge in [-0.25, -0.2) is 0 Å². The lowest BCUT2D eigenvalue weighted by atomic mass is 10.0. The van der Waals surface area contributed by atoms with Gasteiger partial charge in [-0.2, -0.15) is 26.3 Å². The van der Waals surface area contributed by atoms with Crippen molar-refractivity contribution in [2.45, 2.75) is 12.4 Å². The highest BCUT2D eigenvalue weighted by molar-refractivity contribution is 5.72. The molecule has 0 fully saturated rings. The number of hydrogen-bond acceptors (Lipinski definition) is 2. The molecule has 0 spiro atoms. The van der Waals surface area contributed by atoms with Crippen molar-refractivity contribution in [3.05, 3.63) is 108 Å². The van der Waals surface area contributed by atoms with Crippen LogP contribution in [0.1, 0.15) is 11.1 Å². The van der Waals surface area contributed by atoms with Gasteiger partial charge in [-0.05, 0) is 66.2 Å². The third-order valence-corrected chi connectivity index (χ3v) is 4.84. The Kier molecular flexibility index (Phi) is 6.24. The van der Waals surface area contributed by atoms with Crippen molar-refractivity contribution in [2.75, 3.05) is 0 Å². The summed E-state index contributed by atoms with van der Waals surface area (Å²) in [6.07, 6.45) is -8.94. The van der Waals surface area contributed by atoms with E-state index in [9.17, 15) is 26.3 Å². The Morgan fingerprint density at radius 2 is 1.09 bits per heavy atom. The minimum Gasteiger partial charge on any atom is -0.457 e. The fourth-order valence-corrected chi connectivity index (χ4v) is 3.23. The molecule has 0 bridgehead atoms.